The highest BCUT2D eigenvalue weighted by molar-refractivity contribution is 7.97. The molecule has 160 valence electrons. The summed E-state index contributed by atoms with van der Waals surface area (Å²) in [5.41, 5.74) is 1.97. The number of benzene rings is 1. The minimum Gasteiger partial charge on any atom is -0.341 e. The first-order valence-corrected chi connectivity index (χ1v) is 12.2. The lowest BCUT2D eigenvalue weighted by Gasteiger charge is -2.32. The van der Waals surface area contributed by atoms with Crippen LogP contribution in [0.3, 0.4) is 0 Å². The number of hydrogen-bond acceptors (Lipinski definition) is 5. The van der Waals surface area contributed by atoms with Crippen LogP contribution in [-0.4, -0.2) is 54.5 Å². The summed E-state index contributed by atoms with van der Waals surface area (Å²) >= 11 is 7.11. The van der Waals surface area contributed by atoms with Crippen molar-refractivity contribution in [2.75, 3.05) is 19.3 Å². The minimum absolute atomic E-state index is 0.154. The van der Waals surface area contributed by atoms with Crippen molar-refractivity contribution < 1.29 is 4.79 Å². The van der Waals surface area contributed by atoms with Crippen LogP contribution < -0.4 is 0 Å². The predicted octanol–water partition coefficient (Wildman–Crippen LogP) is 4.14. The topological polar surface area (TPSA) is 71.7 Å². The zero-order chi connectivity index (χ0) is 21.3. The van der Waals surface area contributed by atoms with Crippen LogP contribution in [-0.2, 0) is 17.1 Å². The zero-order valence-electron chi connectivity index (χ0n) is 17.7. The van der Waals surface area contributed by atoms with Gasteiger partial charge in [-0.1, -0.05) is 12.1 Å². The first-order valence-electron chi connectivity index (χ1n) is 10.4. The Hall–Kier alpha value is -2.13. The molecule has 0 aliphatic carbocycles. The molecule has 0 bridgehead atoms. The van der Waals surface area contributed by atoms with Crippen LogP contribution in [0.4, 0.5) is 0 Å². The first kappa shape index (κ1) is 21.1. The number of aromatic amines is 1. The van der Waals surface area contributed by atoms with Gasteiger partial charge < -0.3 is 14.0 Å². The van der Waals surface area contributed by atoms with E-state index in [0.717, 1.165) is 54.4 Å². The molecule has 30 heavy (non-hydrogen) atoms. The van der Waals surface area contributed by atoms with Crippen LogP contribution >= 0.6 is 24.0 Å². The van der Waals surface area contributed by atoms with Gasteiger partial charge >= 0.3 is 0 Å². The fourth-order valence-corrected chi connectivity index (χ4v) is 5.10. The van der Waals surface area contributed by atoms with Crippen molar-refractivity contribution in [3.63, 3.8) is 0 Å². The van der Waals surface area contributed by atoms with Crippen molar-refractivity contribution in [3.05, 3.63) is 40.7 Å². The molecule has 0 spiro atoms. The van der Waals surface area contributed by atoms with Crippen molar-refractivity contribution >= 4 is 40.9 Å². The third kappa shape index (κ3) is 4.05. The normalized spacial score (nSPS) is 15.4. The number of carbonyl (C=O) groups excluding carboxylic acids is 1. The van der Waals surface area contributed by atoms with Crippen molar-refractivity contribution in [2.24, 2.45) is 0 Å². The van der Waals surface area contributed by atoms with E-state index in [1.54, 1.807) is 11.8 Å². The SMILES string of the molecule is CSCc1nc2ccccc2n1CC(=O)N1CCC(c2n[nH]c(=S)n2C(C)C)CC1. The number of piperidine rings is 1. The third-order valence-corrected chi connectivity index (χ3v) is 6.60. The average molecular weight is 445 g/mol. The number of amides is 1. The number of para-hydroxylation sites is 2. The molecule has 7 nitrogen and oxygen atoms in total. The first-order chi connectivity index (χ1) is 14.5. The number of rotatable bonds is 6. The van der Waals surface area contributed by atoms with Gasteiger partial charge in [0.15, 0.2) is 4.77 Å². The van der Waals surface area contributed by atoms with E-state index >= 15 is 0 Å². The van der Waals surface area contributed by atoms with E-state index in [0.29, 0.717) is 17.2 Å². The molecule has 1 fully saturated rings. The molecule has 1 aliphatic rings. The lowest BCUT2D eigenvalue weighted by atomic mass is 9.95. The van der Waals surface area contributed by atoms with Gasteiger partial charge in [0.25, 0.3) is 0 Å². The molecule has 1 N–H and O–H groups in total. The van der Waals surface area contributed by atoms with Crippen molar-refractivity contribution in [3.8, 4) is 0 Å². The van der Waals surface area contributed by atoms with Crippen molar-refractivity contribution in [1.82, 2.24) is 29.2 Å². The van der Waals surface area contributed by atoms with Crippen LogP contribution in [0.5, 0.6) is 0 Å². The van der Waals surface area contributed by atoms with Gasteiger partial charge in [-0.15, -0.1) is 0 Å². The van der Waals surface area contributed by atoms with Gasteiger partial charge in [-0.2, -0.15) is 16.9 Å². The van der Waals surface area contributed by atoms with E-state index in [9.17, 15) is 4.79 Å². The maximum Gasteiger partial charge on any atom is 0.242 e. The second-order valence-corrected chi connectivity index (χ2v) is 9.29. The van der Waals surface area contributed by atoms with Crippen molar-refractivity contribution in [2.45, 2.75) is 50.9 Å². The van der Waals surface area contributed by atoms with Crippen LogP contribution in [0.15, 0.2) is 24.3 Å². The molecule has 0 saturated carbocycles. The molecule has 3 heterocycles. The van der Waals surface area contributed by atoms with Gasteiger partial charge in [0.1, 0.15) is 18.2 Å². The minimum atomic E-state index is 0.154. The molecule has 1 aliphatic heterocycles. The maximum absolute atomic E-state index is 13.1. The van der Waals surface area contributed by atoms with Gasteiger partial charge in [-0.25, -0.2) is 4.98 Å². The van der Waals surface area contributed by atoms with Crippen LogP contribution in [0, 0.1) is 4.77 Å². The Morgan fingerprint density at radius 3 is 2.73 bits per heavy atom. The molecule has 1 amide bonds. The van der Waals surface area contributed by atoms with Crippen molar-refractivity contribution in [1.29, 1.82) is 0 Å². The highest BCUT2D eigenvalue weighted by Gasteiger charge is 2.28. The van der Waals surface area contributed by atoms with Crippen LogP contribution in [0.2, 0.25) is 0 Å². The number of aromatic nitrogens is 5. The molecule has 1 aromatic carbocycles. The smallest absolute Gasteiger partial charge is 0.242 e. The summed E-state index contributed by atoms with van der Waals surface area (Å²) in [6.45, 7) is 6.06. The second kappa shape index (κ2) is 8.93. The third-order valence-electron chi connectivity index (χ3n) is 5.76. The zero-order valence-corrected chi connectivity index (χ0v) is 19.3. The molecular weight excluding hydrogens is 416 g/mol. The number of nitrogens with zero attached hydrogens (tertiary/aromatic N) is 5. The molecule has 0 unspecified atom stereocenters. The largest absolute Gasteiger partial charge is 0.341 e. The van der Waals surface area contributed by atoms with Gasteiger partial charge in [0, 0.05) is 25.0 Å². The quantitative estimate of drug-likeness (QED) is 0.579. The Bertz CT molecular complexity index is 1090. The summed E-state index contributed by atoms with van der Waals surface area (Å²) in [4.78, 5) is 19.8. The average Bonchev–Trinajstić information content (AvgIpc) is 3.29. The lowest BCUT2D eigenvalue weighted by Crippen LogP contribution is -2.40. The Morgan fingerprint density at radius 1 is 1.30 bits per heavy atom. The summed E-state index contributed by atoms with van der Waals surface area (Å²) in [6, 6.07) is 8.31. The Balaban J connectivity index is 1.46. The lowest BCUT2D eigenvalue weighted by molar-refractivity contribution is -0.132. The molecule has 9 heteroatoms. The molecular formula is C21H28N6OS2. The monoisotopic (exact) mass is 444 g/mol. The Labute approximate surface area is 185 Å². The number of thioether (sulfide) groups is 1. The molecule has 0 radical (unpaired) electrons. The number of fused-ring (bicyclic) bond motifs is 1. The molecule has 3 aromatic rings. The van der Waals surface area contributed by atoms with E-state index in [1.165, 1.54) is 0 Å². The number of imidazole rings is 1. The van der Waals surface area contributed by atoms with Crippen LogP contribution in [0.25, 0.3) is 11.0 Å². The number of nitrogens with one attached hydrogen (secondary N) is 1. The highest BCUT2D eigenvalue weighted by atomic mass is 32.2. The summed E-state index contributed by atoms with van der Waals surface area (Å²) in [7, 11) is 0. The van der Waals surface area contributed by atoms with E-state index in [1.807, 2.05) is 29.2 Å². The van der Waals surface area contributed by atoms with Gasteiger partial charge in [0.2, 0.25) is 5.91 Å². The molecule has 4 rings (SSSR count). The molecule has 1 saturated heterocycles. The van der Waals surface area contributed by atoms with Gasteiger partial charge in [-0.3, -0.25) is 9.89 Å². The summed E-state index contributed by atoms with van der Waals surface area (Å²) in [5, 5.41) is 7.42. The summed E-state index contributed by atoms with van der Waals surface area (Å²) in [5.74, 6) is 3.25. The van der Waals surface area contributed by atoms with Gasteiger partial charge in [-0.05, 0) is 57.3 Å². The molecule has 0 atom stereocenters. The second-order valence-electron chi connectivity index (χ2n) is 8.04. The Morgan fingerprint density at radius 2 is 2.03 bits per heavy atom. The Kier molecular flexibility index (Phi) is 6.29. The summed E-state index contributed by atoms with van der Waals surface area (Å²) < 4.78 is 4.85. The van der Waals surface area contributed by atoms with Gasteiger partial charge in [0.05, 0.1) is 16.8 Å². The van der Waals surface area contributed by atoms with Crippen LogP contribution in [0.1, 0.15) is 50.3 Å². The number of carbonyl (C=O) groups is 1. The summed E-state index contributed by atoms with van der Waals surface area (Å²) in [6.07, 6.45) is 3.86. The predicted molar refractivity (Wildman–Crippen MR) is 123 cm³/mol. The highest BCUT2D eigenvalue weighted by Crippen LogP contribution is 2.29. The maximum atomic E-state index is 13.1. The fourth-order valence-electron chi connectivity index (χ4n) is 4.27. The van der Waals surface area contributed by atoms with E-state index < -0.39 is 0 Å². The van der Waals surface area contributed by atoms with E-state index in [-0.39, 0.29) is 11.9 Å². The number of likely N-dealkylation sites (tertiary alicyclic amines) is 1. The van der Waals surface area contributed by atoms with E-state index in [2.05, 4.69) is 39.4 Å². The fraction of sp³-hybridized carbons (Fsp3) is 0.524. The number of hydrogen-bond donors (Lipinski definition) is 1. The number of H-pyrrole nitrogens is 1. The standard InChI is InChI=1S/C21H28N6OS2/c1-14(2)27-20(23-24-21(27)29)15-8-10-25(11-9-15)19(28)12-26-17-7-5-4-6-16(17)22-18(26)13-30-3/h4-7,14-15H,8-13H2,1-3H3,(H,24,29). The molecule has 2 aromatic heterocycles. The van der Waals surface area contributed by atoms with E-state index in [4.69, 9.17) is 17.2 Å².